The number of fused-ring (bicyclic) bond motifs is 2. The highest BCUT2D eigenvalue weighted by molar-refractivity contribution is 7.36. The monoisotopic (exact) mass is 835 g/mol. The lowest BCUT2D eigenvalue weighted by Gasteiger charge is -2.52. The highest BCUT2D eigenvalue weighted by Crippen LogP contribution is 2.58. The number of hydrogen-bond donors (Lipinski definition) is 0. The molecule has 5 rings (SSSR count). The van der Waals surface area contributed by atoms with E-state index >= 15 is 0 Å². The molecule has 2 atom stereocenters. The van der Waals surface area contributed by atoms with Crippen molar-refractivity contribution in [2.45, 2.75) is 233 Å². The molecule has 332 valence electrons. The van der Waals surface area contributed by atoms with Crippen molar-refractivity contribution in [1.82, 2.24) is 0 Å². The fraction of sp³-hybridized carbons (Fsp3) is 0.643. The van der Waals surface area contributed by atoms with Crippen LogP contribution in [0.3, 0.4) is 0 Å². The third-order valence-corrected chi connectivity index (χ3v) is 17.4. The highest BCUT2D eigenvalue weighted by atomic mass is 31.2. The van der Waals surface area contributed by atoms with E-state index in [2.05, 4.69) is 173 Å². The molecule has 0 N–H and O–H groups in total. The van der Waals surface area contributed by atoms with Gasteiger partial charge in [0.25, 0.3) is 0 Å². The van der Waals surface area contributed by atoms with Gasteiger partial charge in [0.05, 0.1) is 0 Å². The highest BCUT2D eigenvalue weighted by Gasteiger charge is 2.48. The van der Waals surface area contributed by atoms with Crippen LogP contribution in [0.5, 0.6) is 0 Å². The van der Waals surface area contributed by atoms with E-state index in [1.807, 2.05) is 0 Å². The largest absolute Gasteiger partial charge is 0.820 e. The fourth-order valence-corrected chi connectivity index (χ4v) is 10.4. The summed E-state index contributed by atoms with van der Waals surface area (Å²) in [6.45, 7) is 42.2. The van der Waals surface area contributed by atoms with Gasteiger partial charge in [0, 0.05) is 5.92 Å². The minimum atomic E-state index is -3.19. The van der Waals surface area contributed by atoms with Crippen LogP contribution in [0.25, 0.3) is 21.5 Å². The maximum atomic E-state index is 13.5. The van der Waals surface area contributed by atoms with Crippen LogP contribution in [0.4, 0.5) is 0 Å². The van der Waals surface area contributed by atoms with Crippen molar-refractivity contribution in [3.8, 4) is 0 Å². The third-order valence-electron chi connectivity index (χ3n) is 16.9. The molecule has 3 nitrogen and oxygen atoms in total. The van der Waals surface area contributed by atoms with Gasteiger partial charge in [-0.05, 0) is 156 Å². The van der Waals surface area contributed by atoms with E-state index in [0.717, 1.165) is 63.4 Å². The first-order chi connectivity index (χ1) is 27.7. The van der Waals surface area contributed by atoms with Gasteiger partial charge in [-0.25, -0.2) is 0 Å². The van der Waals surface area contributed by atoms with Gasteiger partial charge >= 0.3 is 0 Å². The van der Waals surface area contributed by atoms with E-state index in [-0.39, 0.29) is 38.4 Å². The van der Waals surface area contributed by atoms with E-state index in [4.69, 9.17) is 4.52 Å². The molecule has 1 saturated carbocycles. The van der Waals surface area contributed by atoms with Crippen molar-refractivity contribution in [2.75, 3.05) is 0 Å². The Morgan fingerprint density at radius 3 is 1.33 bits per heavy atom. The second kappa shape index (κ2) is 17.4. The first kappa shape index (κ1) is 48.7. The molecular formula is C56H83O3P-2. The van der Waals surface area contributed by atoms with Crippen LogP contribution < -0.4 is 9.79 Å². The molecule has 0 radical (unpaired) electrons. The number of hydrogen-bond acceptors (Lipinski definition) is 3. The van der Waals surface area contributed by atoms with Crippen molar-refractivity contribution < 1.29 is 14.3 Å². The number of benzene rings is 4. The second-order valence-electron chi connectivity index (χ2n) is 22.8. The van der Waals surface area contributed by atoms with Crippen molar-refractivity contribution in [1.29, 1.82) is 0 Å². The van der Waals surface area contributed by atoms with Gasteiger partial charge in [-0.1, -0.05) is 180 Å². The Hall–Kier alpha value is -2.29. The van der Waals surface area contributed by atoms with E-state index in [1.54, 1.807) is 0 Å². The van der Waals surface area contributed by atoms with Crippen LogP contribution in [0.2, 0.25) is 0 Å². The van der Waals surface area contributed by atoms with Crippen molar-refractivity contribution >= 4 is 30.1 Å². The molecule has 1 fully saturated rings. The van der Waals surface area contributed by atoms with Crippen LogP contribution in [-0.2, 0) is 42.6 Å². The Kier molecular flexibility index (Phi) is 14.1. The molecule has 1 aliphatic carbocycles. The standard InChI is InChI=1S/C56H83O3P/c1-19-50(7,8)39-29-37-31-45(52(11,12)21-3)43(35-41(37)46(33-39)53(13,14)22-4)44-27-25-26-28-56(44,59-60(57)58)49-36-42-38(32-48(49)55(17,18)24-6)30-40(51(9,10)20-2)34-47(42)54(15,16)23-5/h29-36,44H,19-28H2,1-18H3/q-2. The van der Waals surface area contributed by atoms with E-state index in [9.17, 15) is 9.79 Å². The zero-order chi connectivity index (χ0) is 45.0. The number of rotatable bonds is 16. The minimum Gasteiger partial charge on any atom is -0.820 e. The molecule has 0 amide bonds. The fourth-order valence-electron chi connectivity index (χ4n) is 9.86. The van der Waals surface area contributed by atoms with Crippen LogP contribution in [0, 0.1) is 0 Å². The van der Waals surface area contributed by atoms with Crippen LogP contribution in [0.15, 0.2) is 48.5 Å². The first-order valence-electron chi connectivity index (χ1n) is 23.8. The molecule has 0 spiro atoms. The molecule has 4 aromatic carbocycles. The average molecular weight is 835 g/mol. The predicted octanol–water partition coefficient (Wildman–Crippen LogP) is 15.6. The lowest BCUT2D eigenvalue weighted by molar-refractivity contribution is -0.329. The average Bonchev–Trinajstić information content (AvgIpc) is 3.21. The van der Waals surface area contributed by atoms with Gasteiger partial charge in [-0.2, -0.15) is 8.60 Å². The van der Waals surface area contributed by atoms with Gasteiger partial charge in [0.2, 0.25) is 0 Å². The zero-order valence-corrected chi connectivity index (χ0v) is 42.3. The van der Waals surface area contributed by atoms with Crippen LogP contribution >= 0.6 is 8.60 Å². The molecule has 1 aliphatic rings. The molecule has 0 bridgehead atoms. The van der Waals surface area contributed by atoms with Gasteiger partial charge in [0.1, 0.15) is 5.60 Å². The molecule has 4 aromatic rings. The van der Waals surface area contributed by atoms with Crippen molar-refractivity contribution in [3.63, 3.8) is 0 Å². The van der Waals surface area contributed by atoms with Crippen molar-refractivity contribution in [3.05, 3.63) is 93.0 Å². The maximum Gasteiger partial charge on any atom is 0.101 e. The third kappa shape index (κ3) is 8.92. The summed E-state index contributed by atoms with van der Waals surface area (Å²) in [5.41, 5.74) is 8.78. The molecule has 0 heterocycles. The summed E-state index contributed by atoms with van der Waals surface area (Å²) in [6.07, 6.45) is 9.42. The van der Waals surface area contributed by atoms with E-state index in [0.29, 0.717) is 6.42 Å². The summed E-state index contributed by atoms with van der Waals surface area (Å²) >= 11 is 0. The molecule has 0 aliphatic heterocycles. The zero-order valence-electron chi connectivity index (χ0n) is 41.4. The molecule has 0 saturated heterocycles. The summed E-state index contributed by atoms with van der Waals surface area (Å²) in [5, 5.41) is 5.05. The Balaban J connectivity index is 2.02. The minimum absolute atomic E-state index is 0.0163. The van der Waals surface area contributed by atoms with Crippen molar-refractivity contribution in [2.24, 2.45) is 0 Å². The lowest BCUT2D eigenvalue weighted by Crippen LogP contribution is -2.43. The summed E-state index contributed by atoms with van der Waals surface area (Å²) in [7, 11) is -3.19. The van der Waals surface area contributed by atoms with E-state index < -0.39 is 14.2 Å². The van der Waals surface area contributed by atoms with Crippen LogP contribution in [-0.4, -0.2) is 0 Å². The summed E-state index contributed by atoms with van der Waals surface area (Å²) < 4.78 is 6.77. The Bertz CT molecular complexity index is 2160. The Morgan fingerprint density at radius 1 is 0.500 bits per heavy atom. The molecule has 4 heteroatoms. The first-order valence-corrected chi connectivity index (χ1v) is 24.9. The molecule has 2 unspecified atom stereocenters. The Morgan fingerprint density at radius 2 is 0.900 bits per heavy atom. The lowest BCUT2D eigenvalue weighted by atomic mass is 9.62. The quantitative estimate of drug-likeness (QED) is 0.106. The van der Waals surface area contributed by atoms with Gasteiger partial charge < -0.3 is 14.3 Å². The van der Waals surface area contributed by atoms with Gasteiger partial charge in [-0.3, -0.25) is 0 Å². The van der Waals surface area contributed by atoms with Crippen LogP contribution in [0.1, 0.15) is 239 Å². The summed E-state index contributed by atoms with van der Waals surface area (Å²) in [6, 6.07) is 19.8. The SMILES string of the molecule is CCC(C)(C)c1cc(C(C)(C)CC)c2cc(C3CCCCC3(OP([O-])[O-])c3cc4c(C(C)(C)CC)cc(C(C)(C)CC)cc4cc3C(C)(C)CC)c(C(C)(C)CC)cc2c1. The molecule has 60 heavy (non-hydrogen) atoms. The normalized spacial score (nSPS) is 18.9. The molecule has 0 aromatic heterocycles. The predicted molar refractivity (Wildman–Crippen MR) is 259 cm³/mol. The van der Waals surface area contributed by atoms with E-state index in [1.165, 1.54) is 60.5 Å². The second-order valence-corrected chi connectivity index (χ2v) is 23.4. The topological polar surface area (TPSA) is 55.3 Å². The van der Waals surface area contributed by atoms with Gasteiger partial charge in [-0.15, -0.1) is 0 Å². The summed E-state index contributed by atoms with van der Waals surface area (Å²) in [4.78, 5) is 27.1. The Labute approximate surface area is 368 Å². The van der Waals surface area contributed by atoms with Gasteiger partial charge in [0.15, 0.2) is 0 Å². The maximum absolute atomic E-state index is 13.5. The smallest absolute Gasteiger partial charge is 0.101 e. The molecular weight excluding hydrogens is 752 g/mol. The summed E-state index contributed by atoms with van der Waals surface area (Å²) in [5.74, 6) is -0.168.